The molecule has 3 N–H and O–H groups in total. The lowest BCUT2D eigenvalue weighted by Gasteiger charge is -2.32. The fourth-order valence-corrected chi connectivity index (χ4v) is 2.70. The highest BCUT2D eigenvalue weighted by atomic mass is 32.2. The number of anilines is 1. The number of carboxylic acid groups (broad SMARTS) is 1. The van der Waals surface area contributed by atoms with Crippen molar-refractivity contribution in [2.45, 2.75) is 38.1 Å². The average molecular weight is 297 g/mol. The molecule has 0 radical (unpaired) electrons. The summed E-state index contributed by atoms with van der Waals surface area (Å²) in [6, 6.07) is 5.43. The Hall–Kier alpha value is -1.20. The molecule has 1 atom stereocenters. The molecule has 0 aliphatic heterocycles. The molecule has 1 unspecified atom stereocenters. The van der Waals surface area contributed by atoms with E-state index in [9.17, 15) is 15.0 Å². The molecule has 5 heteroatoms. The maximum absolute atomic E-state index is 11.5. The Bertz CT molecular complexity index is 469. The van der Waals surface area contributed by atoms with Crippen molar-refractivity contribution in [1.82, 2.24) is 0 Å². The summed E-state index contributed by atoms with van der Waals surface area (Å²) < 4.78 is 0. The Labute approximate surface area is 124 Å². The van der Waals surface area contributed by atoms with E-state index in [2.05, 4.69) is 26.1 Å². The van der Waals surface area contributed by atoms with Gasteiger partial charge in [0.15, 0.2) is 0 Å². The Morgan fingerprint density at radius 2 is 2.05 bits per heavy atom. The molecule has 20 heavy (non-hydrogen) atoms. The van der Waals surface area contributed by atoms with E-state index < -0.39 is 5.97 Å². The van der Waals surface area contributed by atoms with E-state index in [0.717, 1.165) is 4.90 Å². The van der Waals surface area contributed by atoms with Crippen LogP contribution in [0, 0.1) is 5.41 Å². The minimum absolute atomic E-state index is 0.00251. The number of rotatable bonds is 6. The van der Waals surface area contributed by atoms with Gasteiger partial charge in [-0.15, -0.1) is 11.8 Å². The van der Waals surface area contributed by atoms with Crippen molar-refractivity contribution >= 4 is 23.4 Å². The Morgan fingerprint density at radius 3 is 2.50 bits per heavy atom. The van der Waals surface area contributed by atoms with Gasteiger partial charge in [0, 0.05) is 17.5 Å². The number of carbonyl (C=O) groups is 1. The number of carboxylic acids is 1. The first kappa shape index (κ1) is 16.9. The Balaban J connectivity index is 3.16. The standard InChI is InChI=1S/C15H23NO3S/c1-15(2,3)12(8-9-17)16-10-6-5-7-11(20-4)13(10)14(18)19/h5-7,12,16-17H,8-9H2,1-4H3,(H,18,19). The van der Waals surface area contributed by atoms with Gasteiger partial charge >= 0.3 is 5.97 Å². The van der Waals surface area contributed by atoms with Crippen LogP contribution in [-0.2, 0) is 0 Å². The molecule has 1 aromatic carbocycles. The summed E-state index contributed by atoms with van der Waals surface area (Å²) >= 11 is 1.42. The number of aliphatic hydroxyl groups is 1. The van der Waals surface area contributed by atoms with Crippen molar-refractivity contribution in [2.75, 3.05) is 18.2 Å². The van der Waals surface area contributed by atoms with Crippen LogP contribution in [0.4, 0.5) is 5.69 Å². The van der Waals surface area contributed by atoms with Crippen molar-refractivity contribution in [1.29, 1.82) is 0 Å². The zero-order valence-corrected chi connectivity index (χ0v) is 13.3. The molecule has 0 spiro atoms. The predicted octanol–water partition coefficient (Wildman–Crippen LogP) is 3.32. The number of aliphatic hydroxyl groups excluding tert-OH is 1. The maximum Gasteiger partial charge on any atom is 0.338 e. The third-order valence-corrected chi connectivity index (χ3v) is 4.03. The van der Waals surface area contributed by atoms with Crippen LogP contribution in [0.1, 0.15) is 37.6 Å². The normalized spacial score (nSPS) is 13.1. The molecular weight excluding hydrogens is 274 g/mol. The summed E-state index contributed by atoms with van der Waals surface area (Å²) in [7, 11) is 0. The molecule has 0 aliphatic rings. The summed E-state index contributed by atoms with van der Waals surface area (Å²) in [5, 5.41) is 21.9. The van der Waals surface area contributed by atoms with Gasteiger partial charge in [0.25, 0.3) is 0 Å². The molecule has 0 saturated carbocycles. The third-order valence-electron chi connectivity index (χ3n) is 3.25. The summed E-state index contributed by atoms with van der Waals surface area (Å²) in [4.78, 5) is 12.2. The smallest absolute Gasteiger partial charge is 0.338 e. The van der Waals surface area contributed by atoms with Crippen LogP contribution in [-0.4, -0.2) is 35.1 Å². The minimum atomic E-state index is -0.936. The predicted molar refractivity (Wildman–Crippen MR) is 83.8 cm³/mol. The van der Waals surface area contributed by atoms with Crippen LogP contribution >= 0.6 is 11.8 Å². The Kier molecular flexibility index (Phi) is 5.89. The number of nitrogens with one attached hydrogen (secondary N) is 1. The van der Waals surface area contributed by atoms with Gasteiger partial charge in [-0.05, 0) is 30.2 Å². The van der Waals surface area contributed by atoms with Crippen molar-refractivity contribution in [3.63, 3.8) is 0 Å². The maximum atomic E-state index is 11.5. The zero-order chi connectivity index (χ0) is 15.3. The van der Waals surface area contributed by atoms with Crippen molar-refractivity contribution in [2.24, 2.45) is 5.41 Å². The zero-order valence-electron chi connectivity index (χ0n) is 12.4. The van der Waals surface area contributed by atoms with Crippen molar-refractivity contribution < 1.29 is 15.0 Å². The monoisotopic (exact) mass is 297 g/mol. The largest absolute Gasteiger partial charge is 0.478 e. The first-order valence-corrected chi connectivity index (χ1v) is 7.81. The fraction of sp³-hybridized carbons (Fsp3) is 0.533. The molecule has 0 amide bonds. The van der Waals surface area contributed by atoms with Crippen LogP contribution in [0.25, 0.3) is 0 Å². The molecule has 0 saturated heterocycles. The lowest BCUT2D eigenvalue weighted by molar-refractivity contribution is 0.0694. The number of aromatic carboxylic acids is 1. The van der Waals surface area contributed by atoms with E-state index in [1.807, 2.05) is 12.3 Å². The molecule has 4 nitrogen and oxygen atoms in total. The Morgan fingerprint density at radius 1 is 1.40 bits per heavy atom. The molecular formula is C15H23NO3S. The van der Waals surface area contributed by atoms with E-state index in [1.165, 1.54) is 11.8 Å². The molecule has 1 rings (SSSR count). The highest BCUT2D eigenvalue weighted by molar-refractivity contribution is 7.98. The molecule has 112 valence electrons. The van der Waals surface area contributed by atoms with Gasteiger partial charge in [0.05, 0.1) is 11.3 Å². The first-order chi connectivity index (χ1) is 9.31. The van der Waals surface area contributed by atoms with Crippen LogP contribution in [0.5, 0.6) is 0 Å². The SMILES string of the molecule is CSc1cccc(NC(CCO)C(C)(C)C)c1C(=O)O. The van der Waals surface area contributed by atoms with Crippen LogP contribution in [0.15, 0.2) is 23.1 Å². The van der Waals surface area contributed by atoms with E-state index in [0.29, 0.717) is 17.7 Å². The lowest BCUT2D eigenvalue weighted by Crippen LogP contribution is -2.35. The van der Waals surface area contributed by atoms with Crippen LogP contribution in [0.3, 0.4) is 0 Å². The second-order valence-corrected chi connectivity index (χ2v) is 6.61. The summed E-state index contributed by atoms with van der Waals surface area (Å²) in [6.07, 6.45) is 2.44. The second kappa shape index (κ2) is 6.99. The molecule has 1 aromatic rings. The van der Waals surface area contributed by atoms with Gasteiger partial charge in [0.1, 0.15) is 0 Å². The van der Waals surface area contributed by atoms with Crippen molar-refractivity contribution in [3.8, 4) is 0 Å². The molecule has 0 bridgehead atoms. The lowest BCUT2D eigenvalue weighted by atomic mass is 9.84. The fourth-order valence-electron chi connectivity index (χ4n) is 2.08. The van der Waals surface area contributed by atoms with Gasteiger partial charge in [-0.2, -0.15) is 0 Å². The van der Waals surface area contributed by atoms with Gasteiger partial charge in [-0.1, -0.05) is 26.8 Å². The van der Waals surface area contributed by atoms with E-state index >= 15 is 0 Å². The number of benzene rings is 1. The highest BCUT2D eigenvalue weighted by Gasteiger charge is 2.26. The van der Waals surface area contributed by atoms with Gasteiger partial charge < -0.3 is 15.5 Å². The second-order valence-electron chi connectivity index (χ2n) is 5.76. The number of hydrogen-bond donors (Lipinski definition) is 3. The molecule has 0 fully saturated rings. The quantitative estimate of drug-likeness (QED) is 0.703. The number of thioether (sulfide) groups is 1. The topological polar surface area (TPSA) is 69.6 Å². The summed E-state index contributed by atoms with van der Waals surface area (Å²) in [6.45, 7) is 6.27. The summed E-state index contributed by atoms with van der Waals surface area (Å²) in [5.41, 5.74) is 0.832. The van der Waals surface area contributed by atoms with Gasteiger partial charge in [0.2, 0.25) is 0 Å². The van der Waals surface area contributed by atoms with E-state index in [1.54, 1.807) is 12.1 Å². The third kappa shape index (κ3) is 4.15. The van der Waals surface area contributed by atoms with Crippen molar-refractivity contribution in [3.05, 3.63) is 23.8 Å². The molecule has 0 aliphatic carbocycles. The van der Waals surface area contributed by atoms with Crippen LogP contribution in [0.2, 0.25) is 0 Å². The van der Waals surface area contributed by atoms with E-state index in [4.69, 9.17) is 0 Å². The van der Waals surface area contributed by atoms with Gasteiger partial charge in [-0.3, -0.25) is 0 Å². The molecule has 0 aromatic heterocycles. The van der Waals surface area contributed by atoms with Crippen LogP contribution < -0.4 is 5.32 Å². The molecule has 0 heterocycles. The minimum Gasteiger partial charge on any atom is -0.478 e. The average Bonchev–Trinajstić information content (AvgIpc) is 2.36. The highest BCUT2D eigenvalue weighted by Crippen LogP contribution is 2.31. The van der Waals surface area contributed by atoms with E-state index in [-0.39, 0.29) is 18.1 Å². The summed E-state index contributed by atoms with van der Waals surface area (Å²) in [5.74, 6) is -0.936. The van der Waals surface area contributed by atoms with Gasteiger partial charge in [-0.25, -0.2) is 4.79 Å². The number of hydrogen-bond acceptors (Lipinski definition) is 4. The first-order valence-electron chi connectivity index (χ1n) is 6.59.